The molecule has 0 bridgehead atoms. The van der Waals surface area contributed by atoms with Crippen LogP contribution in [0.1, 0.15) is 37.0 Å². The molecule has 6 heteroatoms. The van der Waals surface area contributed by atoms with Crippen molar-refractivity contribution in [2.24, 2.45) is 5.92 Å². The van der Waals surface area contributed by atoms with E-state index in [2.05, 4.69) is 10.6 Å². The van der Waals surface area contributed by atoms with E-state index in [1.165, 1.54) is 0 Å². The Morgan fingerprint density at radius 3 is 2.71 bits per heavy atom. The van der Waals surface area contributed by atoms with E-state index in [1.54, 1.807) is 38.1 Å². The molecule has 21 heavy (non-hydrogen) atoms. The first-order valence-corrected chi connectivity index (χ1v) is 6.73. The molecule has 1 aromatic rings. The summed E-state index contributed by atoms with van der Waals surface area (Å²) >= 11 is 0. The number of Topliss-reactive ketones (excluding diaryl/α,β-unsaturated/α-hetero) is 1. The minimum Gasteiger partial charge on any atom is -0.465 e. The maximum absolute atomic E-state index is 12.2. The van der Waals surface area contributed by atoms with Gasteiger partial charge >= 0.3 is 6.09 Å². The van der Waals surface area contributed by atoms with Crippen molar-refractivity contribution in [3.05, 3.63) is 29.8 Å². The number of ketones is 1. The summed E-state index contributed by atoms with van der Waals surface area (Å²) in [5.74, 6) is -0.930. The van der Waals surface area contributed by atoms with Gasteiger partial charge in [-0.25, -0.2) is 4.79 Å². The van der Waals surface area contributed by atoms with Gasteiger partial charge in [-0.05, 0) is 32.4 Å². The van der Waals surface area contributed by atoms with Gasteiger partial charge in [0.1, 0.15) is 0 Å². The Bertz CT molecular complexity index is 595. The second-order valence-corrected chi connectivity index (χ2v) is 5.88. The van der Waals surface area contributed by atoms with Crippen molar-refractivity contribution >= 4 is 23.5 Å². The molecule has 1 atom stereocenters. The SMILES string of the molecule is CC(C)(C[C@H]1CC(=O)c2ccccc2NC1=O)NC(=O)O. The van der Waals surface area contributed by atoms with E-state index >= 15 is 0 Å². The zero-order valence-corrected chi connectivity index (χ0v) is 12.0. The van der Waals surface area contributed by atoms with E-state index in [1.807, 2.05) is 0 Å². The molecule has 0 saturated carbocycles. The first-order valence-electron chi connectivity index (χ1n) is 6.73. The van der Waals surface area contributed by atoms with Gasteiger partial charge in [0, 0.05) is 23.4 Å². The third-order valence-electron chi connectivity index (χ3n) is 3.49. The van der Waals surface area contributed by atoms with Gasteiger partial charge in [-0.2, -0.15) is 0 Å². The molecule has 112 valence electrons. The Labute approximate surface area is 122 Å². The Kier molecular flexibility index (Phi) is 3.97. The Morgan fingerprint density at radius 2 is 2.05 bits per heavy atom. The third-order valence-corrected chi connectivity index (χ3v) is 3.49. The summed E-state index contributed by atoms with van der Waals surface area (Å²) in [7, 11) is 0. The lowest BCUT2D eigenvalue weighted by Crippen LogP contribution is -2.45. The number of carbonyl (C=O) groups is 3. The van der Waals surface area contributed by atoms with E-state index in [0.717, 1.165) is 0 Å². The van der Waals surface area contributed by atoms with Crippen molar-refractivity contribution in [1.82, 2.24) is 5.32 Å². The van der Waals surface area contributed by atoms with E-state index in [0.29, 0.717) is 11.3 Å². The van der Waals surface area contributed by atoms with Gasteiger partial charge in [-0.15, -0.1) is 0 Å². The highest BCUT2D eigenvalue weighted by Gasteiger charge is 2.33. The number of anilines is 1. The molecule has 1 aliphatic heterocycles. The van der Waals surface area contributed by atoms with Crippen LogP contribution in [0.25, 0.3) is 0 Å². The highest BCUT2D eigenvalue weighted by molar-refractivity contribution is 6.09. The van der Waals surface area contributed by atoms with Crippen LogP contribution in [0, 0.1) is 5.92 Å². The number of hydrogen-bond acceptors (Lipinski definition) is 3. The fraction of sp³-hybridized carbons (Fsp3) is 0.400. The van der Waals surface area contributed by atoms with Gasteiger partial charge in [0.05, 0.1) is 5.69 Å². The molecule has 1 heterocycles. The molecule has 0 aliphatic carbocycles. The molecule has 0 radical (unpaired) electrons. The predicted molar refractivity (Wildman–Crippen MR) is 77.4 cm³/mol. The highest BCUT2D eigenvalue weighted by Crippen LogP contribution is 2.28. The number of carboxylic acid groups (broad SMARTS) is 1. The normalized spacial score (nSPS) is 18.5. The standard InChI is InChI=1S/C15H18N2O4/c1-15(2,17-14(20)21)8-9-7-12(18)10-5-3-4-6-11(10)16-13(9)19/h3-6,9,17H,7-8H2,1-2H3,(H,16,19)(H,20,21)/t9-/m1/s1. The summed E-state index contributed by atoms with van der Waals surface area (Å²) in [5, 5.41) is 13.9. The largest absolute Gasteiger partial charge is 0.465 e. The molecule has 0 unspecified atom stereocenters. The van der Waals surface area contributed by atoms with Crippen molar-refractivity contribution in [2.75, 3.05) is 5.32 Å². The predicted octanol–water partition coefficient (Wildman–Crippen LogP) is 2.26. The molecule has 0 saturated heterocycles. The van der Waals surface area contributed by atoms with Crippen molar-refractivity contribution in [1.29, 1.82) is 0 Å². The maximum atomic E-state index is 12.2. The Hall–Kier alpha value is -2.37. The van der Waals surface area contributed by atoms with Crippen LogP contribution in [0.4, 0.5) is 10.5 Å². The molecule has 3 N–H and O–H groups in total. The zero-order valence-electron chi connectivity index (χ0n) is 12.0. The van der Waals surface area contributed by atoms with Crippen LogP contribution in [-0.2, 0) is 4.79 Å². The van der Waals surface area contributed by atoms with Gasteiger partial charge in [-0.1, -0.05) is 12.1 Å². The van der Waals surface area contributed by atoms with Gasteiger partial charge in [0.25, 0.3) is 0 Å². The smallest absolute Gasteiger partial charge is 0.405 e. The summed E-state index contributed by atoms with van der Waals surface area (Å²) in [6.45, 7) is 3.38. The molecule has 6 nitrogen and oxygen atoms in total. The lowest BCUT2D eigenvalue weighted by molar-refractivity contribution is -0.120. The second-order valence-electron chi connectivity index (χ2n) is 5.88. The van der Waals surface area contributed by atoms with Crippen LogP contribution < -0.4 is 10.6 Å². The zero-order chi connectivity index (χ0) is 15.6. The van der Waals surface area contributed by atoms with E-state index in [4.69, 9.17) is 5.11 Å². The summed E-state index contributed by atoms with van der Waals surface area (Å²) < 4.78 is 0. The van der Waals surface area contributed by atoms with E-state index < -0.39 is 17.6 Å². The lowest BCUT2D eigenvalue weighted by Gasteiger charge is -2.28. The average Bonchev–Trinajstić information content (AvgIpc) is 2.46. The van der Waals surface area contributed by atoms with Gasteiger partial charge in [-0.3, -0.25) is 9.59 Å². The van der Waals surface area contributed by atoms with Crippen molar-refractivity contribution in [2.45, 2.75) is 32.2 Å². The fourth-order valence-corrected chi connectivity index (χ4v) is 2.62. The maximum Gasteiger partial charge on any atom is 0.405 e. The van der Waals surface area contributed by atoms with Crippen LogP contribution in [0.5, 0.6) is 0 Å². The first-order chi connectivity index (χ1) is 9.78. The topological polar surface area (TPSA) is 95.5 Å². The third kappa shape index (κ3) is 3.59. The summed E-state index contributed by atoms with van der Waals surface area (Å²) in [4.78, 5) is 35.3. The van der Waals surface area contributed by atoms with Crippen LogP contribution in [0.2, 0.25) is 0 Å². The summed E-state index contributed by atoms with van der Waals surface area (Å²) in [5.41, 5.74) is 0.223. The molecule has 2 rings (SSSR count). The second kappa shape index (κ2) is 5.55. The van der Waals surface area contributed by atoms with Gasteiger partial charge in [0.15, 0.2) is 5.78 Å². The minimum atomic E-state index is -1.15. The Balaban J connectivity index is 2.19. The quantitative estimate of drug-likeness (QED) is 0.795. The summed E-state index contributed by atoms with van der Waals surface area (Å²) in [6.07, 6.45) is -0.818. The van der Waals surface area contributed by atoms with Crippen LogP contribution in [0.15, 0.2) is 24.3 Å². The number of para-hydroxylation sites is 1. The molecular formula is C15H18N2O4. The first kappa shape index (κ1) is 15.0. The number of nitrogens with one attached hydrogen (secondary N) is 2. The van der Waals surface area contributed by atoms with Crippen molar-refractivity contribution in [3.63, 3.8) is 0 Å². The van der Waals surface area contributed by atoms with E-state index in [-0.39, 0.29) is 24.5 Å². The van der Waals surface area contributed by atoms with Crippen LogP contribution in [-0.4, -0.2) is 28.4 Å². The van der Waals surface area contributed by atoms with Gasteiger partial charge < -0.3 is 15.7 Å². The number of carbonyl (C=O) groups excluding carboxylic acids is 2. The average molecular weight is 290 g/mol. The van der Waals surface area contributed by atoms with E-state index in [9.17, 15) is 14.4 Å². The fourth-order valence-electron chi connectivity index (χ4n) is 2.62. The highest BCUT2D eigenvalue weighted by atomic mass is 16.4. The number of fused-ring (bicyclic) bond motifs is 1. The molecule has 0 fully saturated rings. The van der Waals surface area contributed by atoms with Crippen molar-refractivity contribution < 1.29 is 19.5 Å². The molecule has 1 aliphatic rings. The minimum absolute atomic E-state index is 0.0770. The summed E-state index contributed by atoms with van der Waals surface area (Å²) in [6, 6.07) is 6.87. The molecule has 1 aromatic carbocycles. The molecule has 0 aromatic heterocycles. The number of amides is 2. The molecule has 0 spiro atoms. The number of hydrogen-bond donors (Lipinski definition) is 3. The number of benzene rings is 1. The Morgan fingerprint density at radius 1 is 1.38 bits per heavy atom. The monoisotopic (exact) mass is 290 g/mol. The molecular weight excluding hydrogens is 272 g/mol. The van der Waals surface area contributed by atoms with Crippen LogP contribution in [0.3, 0.4) is 0 Å². The lowest BCUT2D eigenvalue weighted by atomic mass is 9.86. The van der Waals surface area contributed by atoms with Crippen molar-refractivity contribution in [3.8, 4) is 0 Å². The van der Waals surface area contributed by atoms with Gasteiger partial charge in [0.2, 0.25) is 5.91 Å². The van der Waals surface area contributed by atoms with Crippen LogP contribution >= 0.6 is 0 Å². The number of rotatable bonds is 3. The molecule has 2 amide bonds.